The predicted octanol–water partition coefficient (Wildman–Crippen LogP) is 1.32. The Bertz CT molecular complexity index is 255. The van der Waals surface area contributed by atoms with Crippen molar-refractivity contribution in [1.29, 1.82) is 0 Å². The molecule has 0 aliphatic carbocycles. The lowest BCUT2D eigenvalue weighted by atomic mass is 10.1. The number of ether oxygens (including phenoxy) is 1. The number of piperidine rings is 1. The summed E-state index contributed by atoms with van der Waals surface area (Å²) in [5.41, 5.74) is 5.43. The second-order valence-electron chi connectivity index (χ2n) is 5.96. The summed E-state index contributed by atoms with van der Waals surface area (Å²) in [5.74, 6) is 0. The van der Waals surface area contributed by atoms with E-state index >= 15 is 0 Å². The van der Waals surface area contributed by atoms with Crippen LogP contribution < -0.4 is 11.1 Å². The average molecular weight is 257 g/mol. The lowest BCUT2D eigenvalue weighted by Crippen LogP contribution is -2.41. The molecule has 1 heterocycles. The Morgan fingerprint density at radius 2 is 2.00 bits per heavy atom. The molecule has 0 atom stereocenters. The third kappa shape index (κ3) is 6.81. The fraction of sp³-hybridized carbons (Fsp3) is 0.923. The van der Waals surface area contributed by atoms with Crippen molar-refractivity contribution in [2.75, 3.05) is 26.2 Å². The maximum absolute atomic E-state index is 11.4. The molecule has 5 nitrogen and oxygen atoms in total. The Morgan fingerprint density at radius 1 is 1.39 bits per heavy atom. The van der Waals surface area contributed by atoms with Crippen LogP contribution >= 0.6 is 0 Å². The molecule has 0 aromatic carbocycles. The molecule has 0 aromatic rings. The van der Waals surface area contributed by atoms with E-state index in [2.05, 4.69) is 10.2 Å². The maximum atomic E-state index is 11.4. The molecule has 1 amide bonds. The van der Waals surface area contributed by atoms with Gasteiger partial charge in [0.25, 0.3) is 0 Å². The lowest BCUT2D eigenvalue weighted by molar-refractivity contribution is 0.0525. The summed E-state index contributed by atoms with van der Waals surface area (Å²) in [6, 6.07) is 0.376. The topological polar surface area (TPSA) is 67.6 Å². The molecule has 1 aliphatic heterocycles. The van der Waals surface area contributed by atoms with E-state index in [1.165, 1.54) is 0 Å². The van der Waals surface area contributed by atoms with Crippen LogP contribution in [0, 0.1) is 0 Å². The Balaban J connectivity index is 2.03. The summed E-state index contributed by atoms with van der Waals surface area (Å²) in [4.78, 5) is 13.8. The minimum absolute atomic E-state index is 0.330. The van der Waals surface area contributed by atoms with Crippen molar-refractivity contribution in [3.8, 4) is 0 Å². The van der Waals surface area contributed by atoms with Gasteiger partial charge < -0.3 is 20.7 Å². The van der Waals surface area contributed by atoms with Crippen LogP contribution in [0.4, 0.5) is 4.79 Å². The van der Waals surface area contributed by atoms with Gasteiger partial charge in [-0.05, 0) is 59.7 Å². The molecule has 18 heavy (non-hydrogen) atoms. The van der Waals surface area contributed by atoms with Crippen LogP contribution in [0.25, 0.3) is 0 Å². The first-order valence-corrected chi connectivity index (χ1v) is 6.81. The largest absolute Gasteiger partial charge is 0.444 e. The normalized spacial score (nSPS) is 18.7. The van der Waals surface area contributed by atoms with Crippen LogP contribution in [0.3, 0.4) is 0 Å². The number of nitrogens with zero attached hydrogens (tertiary/aromatic N) is 1. The van der Waals surface area contributed by atoms with Gasteiger partial charge in [-0.25, -0.2) is 4.79 Å². The summed E-state index contributed by atoms with van der Waals surface area (Å²) < 4.78 is 5.16. The average Bonchev–Trinajstić information content (AvgIpc) is 2.24. The number of nitrogens with two attached hydrogens (primary N) is 1. The monoisotopic (exact) mass is 257 g/mol. The van der Waals surface area contributed by atoms with Crippen molar-refractivity contribution < 1.29 is 9.53 Å². The second-order valence-corrected chi connectivity index (χ2v) is 5.96. The van der Waals surface area contributed by atoms with Gasteiger partial charge in [0.15, 0.2) is 0 Å². The first-order valence-electron chi connectivity index (χ1n) is 6.81. The maximum Gasteiger partial charge on any atom is 0.407 e. The molecule has 106 valence electrons. The molecule has 0 unspecified atom stereocenters. The third-order valence-corrected chi connectivity index (χ3v) is 2.95. The molecular weight excluding hydrogens is 230 g/mol. The van der Waals surface area contributed by atoms with Crippen molar-refractivity contribution in [1.82, 2.24) is 10.2 Å². The first-order chi connectivity index (χ1) is 8.37. The quantitative estimate of drug-likeness (QED) is 0.746. The van der Waals surface area contributed by atoms with E-state index in [9.17, 15) is 4.79 Å². The Hall–Kier alpha value is -0.810. The number of carbonyl (C=O) groups excluding carboxylic acids is 1. The van der Waals surface area contributed by atoms with Crippen LogP contribution in [0.1, 0.15) is 40.0 Å². The van der Waals surface area contributed by atoms with Crippen molar-refractivity contribution in [3.63, 3.8) is 0 Å². The van der Waals surface area contributed by atoms with Gasteiger partial charge in [0.05, 0.1) is 0 Å². The number of rotatable bonds is 4. The molecular formula is C13H27N3O2. The number of amides is 1. The van der Waals surface area contributed by atoms with Gasteiger partial charge in [-0.1, -0.05) is 0 Å². The Labute approximate surface area is 110 Å². The summed E-state index contributed by atoms with van der Waals surface area (Å²) >= 11 is 0. The molecule has 0 saturated carbocycles. The molecule has 0 aromatic heterocycles. The van der Waals surface area contributed by atoms with Gasteiger partial charge in [-0.2, -0.15) is 0 Å². The summed E-state index contributed by atoms with van der Waals surface area (Å²) in [6.07, 6.45) is 2.79. The Kier molecular flexibility index (Phi) is 5.88. The van der Waals surface area contributed by atoms with Crippen molar-refractivity contribution in [2.45, 2.75) is 51.7 Å². The second kappa shape index (κ2) is 6.95. The van der Waals surface area contributed by atoms with E-state index in [0.29, 0.717) is 12.6 Å². The fourth-order valence-electron chi connectivity index (χ4n) is 1.98. The van der Waals surface area contributed by atoms with E-state index in [1.807, 2.05) is 20.8 Å². The zero-order valence-corrected chi connectivity index (χ0v) is 11.9. The van der Waals surface area contributed by atoms with Gasteiger partial charge in [-0.15, -0.1) is 0 Å². The fourth-order valence-corrected chi connectivity index (χ4v) is 1.98. The summed E-state index contributed by atoms with van der Waals surface area (Å²) in [6.45, 7) is 9.43. The zero-order valence-electron chi connectivity index (χ0n) is 11.9. The van der Waals surface area contributed by atoms with Gasteiger partial charge in [0.1, 0.15) is 5.60 Å². The number of likely N-dealkylation sites (tertiary alicyclic amines) is 1. The van der Waals surface area contributed by atoms with Gasteiger partial charge >= 0.3 is 6.09 Å². The van der Waals surface area contributed by atoms with Crippen LogP contribution in [0.15, 0.2) is 0 Å². The number of hydrogen-bond donors (Lipinski definition) is 2. The SMILES string of the molecule is CC(C)(C)OC(=O)NCCCN1CCC(N)CC1. The van der Waals surface area contributed by atoms with E-state index in [0.717, 1.165) is 38.9 Å². The van der Waals surface area contributed by atoms with E-state index in [-0.39, 0.29) is 6.09 Å². The number of alkyl carbamates (subject to hydrolysis) is 1. The summed E-state index contributed by atoms with van der Waals surface area (Å²) in [5, 5.41) is 2.78. The molecule has 1 fully saturated rings. The highest BCUT2D eigenvalue weighted by atomic mass is 16.6. The van der Waals surface area contributed by atoms with Crippen LogP contribution in [-0.4, -0.2) is 48.8 Å². The third-order valence-electron chi connectivity index (χ3n) is 2.95. The molecule has 1 aliphatic rings. The Morgan fingerprint density at radius 3 is 2.56 bits per heavy atom. The van der Waals surface area contributed by atoms with Gasteiger partial charge in [-0.3, -0.25) is 0 Å². The van der Waals surface area contributed by atoms with Gasteiger partial charge in [0, 0.05) is 12.6 Å². The molecule has 0 radical (unpaired) electrons. The minimum atomic E-state index is -0.424. The molecule has 0 bridgehead atoms. The zero-order chi connectivity index (χ0) is 13.6. The highest BCUT2D eigenvalue weighted by Gasteiger charge is 2.17. The van der Waals surface area contributed by atoms with Crippen LogP contribution in [0.2, 0.25) is 0 Å². The van der Waals surface area contributed by atoms with E-state index < -0.39 is 5.60 Å². The standard InChI is InChI=1S/C13H27N3O2/c1-13(2,3)18-12(17)15-7-4-8-16-9-5-11(14)6-10-16/h11H,4-10,14H2,1-3H3,(H,15,17). The molecule has 3 N–H and O–H groups in total. The van der Waals surface area contributed by atoms with Crippen molar-refractivity contribution in [2.24, 2.45) is 5.73 Å². The van der Waals surface area contributed by atoms with Crippen LogP contribution in [0.5, 0.6) is 0 Å². The number of carbonyl (C=O) groups is 1. The number of nitrogens with one attached hydrogen (secondary N) is 1. The van der Waals surface area contributed by atoms with E-state index in [4.69, 9.17) is 10.5 Å². The van der Waals surface area contributed by atoms with Crippen molar-refractivity contribution in [3.05, 3.63) is 0 Å². The molecule has 1 saturated heterocycles. The molecule has 5 heteroatoms. The van der Waals surface area contributed by atoms with Crippen molar-refractivity contribution >= 4 is 6.09 Å². The smallest absolute Gasteiger partial charge is 0.407 e. The highest BCUT2D eigenvalue weighted by molar-refractivity contribution is 5.67. The number of hydrogen-bond acceptors (Lipinski definition) is 4. The summed E-state index contributed by atoms with van der Waals surface area (Å²) in [7, 11) is 0. The highest BCUT2D eigenvalue weighted by Crippen LogP contribution is 2.08. The molecule has 1 rings (SSSR count). The first kappa shape index (κ1) is 15.2. The predicted molar refractivity (Wildman–Crippen MR) is 72.5 cm³/mol. The lowest BCUT2D eigenvalue weighted by Gasteiger charge is -2.30. The van der Waals surface area contributed by atoms with Gasteiger partial charge in [0.2, 0.25) is 0 Å². The van der Waals surface area contributed by atoms with Crippen LogP contribution in [-0.2, 0) is 4.74 Å². The molecule has 0 spiro atoms. The van der Waals surface area contributed by atoms with E-state index in [1.54, 1.807) is 0 Å². The minimum Gasteiger partial charge on any atom is -0.444 e.